The lowest BCUT2D eigenvalue weighted by molar-refractivity contribution is 0.0818. The molecule has 180 valence electrons. The van der Waals surface area contributed by atoms with Crippen molar-refractivity contribution in [2.75, 3.05) is 6.61 Å². The summed E-state index contributed by atoms with van der Waals surface area (Å²) >= 11 is 0. The molecule has 0 aliphatic carbocycles. The fourth-order valence-electron chi connectivity index (χ4n) is 4.56. The van der Waals surface area contributed by atoms with E-state index in [9.17, 15) is 0 Å². The molecule has 0 unspecified atom stereocenters. The van der Waals surface area contributed by atoms with E-state index >= 15 is 0 Å². The lowest BCUT2D eigenvalue weighted by Gasteiger charge is -2.15. The van der Waals surface area contributed by atoms with Crippen LogP contribution in [-0.2, 0) is 11.5 Å². The molecule has 0 aliphatic heterocycles. The van der Waals surface area contributed by atoms with E-state index in [1.165, 1.54) is 5.39 Å². The number of benzene rings is 3. The first-order valence-corrected chi connectivity index (χ1v) is 16.0. The quantitative estimate of drug-likeness (QED) is 0.191. The van der Waals surface area contributed by atoms with Crippen LogP contribution in [0.1, 0.15) is 0 Å². The van der Waals surface area contributed by atoms with Gasteiger partial charge in [0.15, 0.2) is 5.82 Å². The molecule has 0 atom stereocenters. The third kappa shape index (κ3) is 4.32. The number of fused-ring (bicyclic) bond motifs is 3. The second kappa shape index (κ2) is 9.00. The van der Waals surface area contributed by atoms with Crippen LogP contribution in [-0.4, -0.2) is 39.4 Å². The SMILES string of the molecule is C[Si](C)(C)CCOCn1nc(-c2nc3ccccc3[nH]2)c2cc(-c3cncc4ccccc34)ccc21. The van der Waals surface area contributed by atoms with E-state index in [2.05, 4.69) is 66.0 Å². The molecule has 0 saturated carbocycles. The number of hydrogen-bond acceptors (Lipinski definition) is 4. The van der Waals surface area contributed by atoms with Crippen molar-refractivity contribution in [3.05, 3.63) is 79.1 Å². The average Bonchev–Trinajstić information content (AvgIpc) is 3.47. The number of H-pyrrole nitrogens is 1. The number of aromatic nitrogens is 5. The number of nitrogens with zero attached hydrogens (tertiary/aromatic N) is 4. The average molecular weight is 492 g/mol. The first-order chi connectivity index (χ1) is 17.5. The minimum atomic E-state index is -1.16. The van der Waals surface area contributed by atoms with Crippen LogP contribution in [0.4, 0.5) is 0 Å². The molecule has 0 saturated heterocycles. The van der Waals surface area contributed by atoms with Crippen LogP contribution in [0.2, 0.25) is 25.7 Å². The van der Waals surface area contributed by atoms with Gasteiger partial charge in [0.2, 0.25) is 0 Å². The second-order valence-corrected chi connectivity index (χ2v) is 16.1. The number of ether oxygens (including phenoxy) is 1. The smallest absolute Gasteiger partial charge is 0.159 e. The Hall–Kier alpha value is -3.81. The molecule has 6 aromatic rings. The van der Waals surface area contributed by atoms with Gasteiger partial charge in [-0.2, -0.15) is 5.10 Å². The number of aromatic amines is 1. The molecule has 0 amide bonds. The maximum atomic E-state index is 6.08. The van der Waals surface area contributed by atoms with Crippen LogP contribution >= 0.6 is 0 Å². The zero-order chi connectivity index (χ0) is 24.7. The third-order valence-corrected chi connectivity index (χ3v) is 8.26. The van der Waals surface area contributed by atoms with Gasteiger partial charge in [0.25, 0.3) is 0 Å². The van der Waals surface area contributed by atoms with Crippen molar-refractivity contribution >= 4 is 40.8 Å². The summed E-state index contributed by atoms with van der Waals surface area (Å²) in [6.45, 7) is 8.25. The Bertz CT molecular complexity index is 1660. The molecule has 6 rings (SSSR count). The summed E-state index contributed by atoms with van der Waals surface area (Å²) in [5.41, 5.74) is 5.97. The lowest BCUT2D eigenvalue weighted by Crippen LogP contribution is -2.22. The van der Waals surface area contributed by atoms with E-state index in [1.54, 1.807) is 0 Å². The molecule has 3 heterocycles. The van der Waals surface area contributed by atoms with E-state index in [0.29, 0.717) is 6.73 Å². The predicted molar refractivity (Wildman–Crippen MR) is 150 cm³/mol. The molecule has 1 N–H and O–H groups in total. The molecule has 3 aromatic carbocycles. The first kappa shape index (κ1) is 22.6. The van der Waals surface area contributed by atoms with Crippen LogP contribution in [0.25, 0.3) is 55.4 Å². The van der Waals surface area contributed by atoms with Gasteiger partial charge in [0.1, 0.15) is 12.4 Å². The molecule has 7 heteroatoms. The van der Waals surface area contributed by atoms with Crippen molar-refractivity contribution in [3.8, 4) is 22.6 Å². The van der Waals surface area contributed by atoms with Gasteiger partial charge in [-0.3, -0.25) is 4.98 Å². The summed E-state index contributed by atoms with van der Waals surface area (Å²) in [5.74, 6) is 0.759. The van der Waals surface area contributed by atoms with Crippen molar-refractivity contribution in [2.24, 2.45) is 0 Å². The Kier molecular flexibility index (Phi) is 5.66. The highest BCUT2D eigenvalue weighted by molar-refractivity contribution is 6.76. The minimum absolute atomic E-state index is 0.413. The lowest BCUT2D eigenvalue weighted by atomic mass is 9.99. The standard InChI is InChI=1S/C29H29N5OSi/c1-36(2,3)15-14-35-19-34-27-13-12-20(24-18-30-17-21-8-4-5-9-22(21)24)16-23(27)28(33-34)29-31-25-10-6-7-11-26(25)32-29/h4-13,16-18H,14-15,19H2,1-3H3,(H,31,32). The first-order valence-electron chi connectivity index (χ1n) is 12.3. The monoisotopic (exact) mass is 491 g/mol. The van der Waals surface area contributed by atoms with Crippen LogP contribution in [0.3, 0.4) is 0 Å². The number of nitrogens with one attached hydrogen (secondary N) is 1. The van der Waals surface area contributed by atoms with E-state index in [0.717, 1.165) is 62.6 Å². The summed E-state index contributed by atoms with van der Waals surface area (Å²) < 4.78 is 8.03. The molecule has 0 fully saturated rings. The van der Waals surface area contributed by atoms with E-state index in [4.69, 9.17) is 14.8 Å². The third-order valence-electron chi connectivity index (χ3n) is 6.55. The zero-order valence-corrected chi connectivity index (χ0v) is 21.8. The number of rotatable bonds is 7. The van der Waals surface area contributed by atoms with Crippen LogP contribution in [0.5, 0.6) is 0 Å². The van der Waals surface area contributed by atoms with Gasteiger partial charge in [-0.1, -0.05) is 62.1 Å². The van der Waals surface area contributed by atoms with E-state index < -0.39 is 8.07 Å². The summed E-state index contributed by atoms with van der Waals surface area (Å²) in [6.07, 6.45) is 3.85. The predicted octanol–water partition coefficient (Wildman–Crippen LogP) is 7.11. The van der Waals surface area contributed by atoms with Crippen molar-refractivity contribution in [1.29, 1.82) is 0 Å². The molecule has 6 nitrogen and oxygen atoms in total. The van der Waals surface area contributed by atoms with Crippen molar-refractivity contribution in [2.45, 2.75) is 32.4 Å². The Morgan fingerprint density at radius 1 is 0.917 bits per heavy atom. The van der Waals surface area contributed by atoms with Gasteiger partial charge in [-0.25, -0.2) is 9.67 Å². The van der Waals surface area contributed by atoms with Crippen molar-refractivity contribution in [3.63, 3.8) is 0 Å². The van der Waals surface area contributed by atoms with E-state index in [1.807, 2.05) is 47.4 Å². The highest BCUT2D eigenvalue weighted by atomic mass is 28.3. The Balaban J connectivity index is 1.46. The Morgan fingerprint density at radius 2 is 1.75 bits per heavy atom. The fraction of sp³-hybridized carbons (Fsp3) is 0.207. The van der Waals surface area contributed by atoms with Crippen molar-refractivity contribution < 1.29 is 4.74 Å². The number of imidazole rings is 1. The van der Waals surface area contributed by atoms with Gasteiger partial charge in [0, 0.05) is 43.4 Å². The molecule has 0 radical (unpaired) electrons. The number of para-hydroxylation sites is 2. The van der Waals surface area contributed by atoms with E-state index in [-0.39, 0.29) is 0 Å². The summed E-state index contributed by atoms with van der Waals surface area (Å²) in [7, 11) is -1.16. The maximum Gasteiger partial charge on any atom is 0.159 e. The van der Waals surface area contributed by atoms with Gasteiger partial charge >= 0.3 is 0 Å². The number of hydrogen-bond donors (Lipinski definition) is 1. The minimum Gasteiger partial charge on any atom is -0.360 e. The second-order valence-electron chi connectivity index (χ2n) is 10.4. The summed E-state index contributed by atoms with van der Waals surface area (Å²) in [4.78, 5) is 12.8. The van der Waals surface area contributed by atoms with Crippen LogP contribution in [0.15, 0.2) is 79.1 Å². The molecule has 0 aliphatic rings. The van der Waals surface area contributed by atoms with Gasteiger partial charge in [-0.05, 0) is 41.3 Å². The fourth-order valence-corrected chi connectivity index (χ4v) is 5.32. The highest BCUT2D eigenvalue weighted by Crippen LogP contribution is 2.34. The summed E-state index contributed by atoms with van der Waals surface area (Å²) in [6, 6.07) is 24.0. The zero-order valence-electron chi connectivity index (χ0n) is 20.8. The molecular weight excluding hydrogens is 462 g/mol. The maximum absolute atomic E-state index is 6.08. The Labute approximate surface area is 211 Å². The summed E-state index contributed by atoms with van der Waals surface area (Å²) in [5, 5.41) is 8.32. The van der Waals surface area contributed by atoms with Crippen molar-refractivity contribution in [1.82, 2.24) is 24.7 Å². The molecule has 0 bridgehead atoms. The molecule has 36 heavy (non-hydrogen) atoms. The topological polar surface area (TPSA) is 68.6 Å². The highest BCUT2D eigenvalue weighted by Gasteiger charge is 2.18. The molecular formula is C29H29N5OSi. The molecule has 0 spiro atoms. The van der Waals surface area contributed by atoms with Gasteiger partial charge in [0.05, 0.1) is 16.6 Å². The largest absolute Gasteiger partial charge is 0.360 e. The van der Waals surface area contributed by atoms with Crippen LogP contribution < -0.4 is 0 Å². The van der Waals surface area contributed by atoms with Gasteiger partial charge < -0.3 is 9.72 Å². The Morgan fingerprint density at radius 3 is 2.61 bits per heavy atom. The van der Waals surface area contributed by atoms with Crippen LogP contribution in [0, 0.1) is 0 Å². The number of pyridine rings is 1. The van der Waals surface area contributed by atoms with Gasteiger partial charge in [-0.15, -0.1) is 0 Å². The normalized spacial score (nSPS) is 12.2. The molecule has 3 aromatic heterocycles.